The molecule has 0 saturated heterocycles. The highest BCUT2D eigenvalue weighted by Gasteiger charge is 2.08. The zero-order valence-electron chi connectivity index (χ0n) is 8.22. The molecule has 15 heavy (non-hydrogen) atoms. The van der Waals surface area contributed by atoms with Gasteiger partial charge in [0.15, 0.2) is 5.05 Å². The molecule has 1 rings (SSSR count). The molecular formula is C10H11ClFNOS. The maximum Gasteiger partial charge on any atom is 0.164 e. The van der Waals surface area contributed by atoms with Gasteiger partial charge in [0.25, 0.3) is 0 Å². The van der Waals surface area contributed by atoms with E-state index < -0.39 is 5.82 Å². The van der Waals surface area contributed by atoms with E-state index >= 15 is 0 Å². The first kappa shape index (κ1) is 12.2. The fraction of sp³-hybridized carbons (Fsp3) is 0.300. The van der Waals surface area contributed by atoms with Crippen molar-refractivity contribution in [3.63, 3.8) is 0 Å². The Kier molecular flexibility index (Phi) is 4.29. The van der Waals surface area contributed by atoms with Crippen LogP contribution in [0.2, 0.25) is 5.02 Å². The summed E-state index contributed by atoms with van der Waals surface area (Å²) in [5.74, 6) is -0.522. The van der Waals surface area contributed by atoms with Crippen molar-refractivity contribution in [1.29, 1.82) is 0 Å². The molecule has 0 amide bonds. The van der Waals surface area contributed by atoms with E-state index in [1.807, 2.05) is 6.92 Å². The third kappa shape index (κ3) is 3.32. The summed E-state index contributed by atoms with van der Waals surface area (Å²) < 4.78 is 18.1. The molecule has 82 valence electrons. The van der Waals surface area contributed by atoms with Gasteiger partial charge < -0.3 is 10.5 Å². The van der Waals surface area contributed by atoms with Crippen LogP contribution in [0.4, 0.5) is 10.1 Å². The summed E-state index contributed by atoms with van der Waals surface area (Å²) in [5, 5.41) is 0.731. The first-order chi connectivity index (χ1) is 7.04. The lowest BCUT2D eigenvalue weighted by molar-refractivity contribution is 0.330. The van der Waals surface area contributed by atoms with Crippen molar-refractivity contribution in [3.8, 4) is 0 Å². The van der Waals surface area contributed by atoms with Gasteiger partial charge in [0.05, 0.1) is 12.3 Å². The summed E-state index contributed by atoms with van der Waals surface area (Å²) in [5.41, 5.74) is 6.16. The molecule has 0 aliphatic heterocycles. The molecule has 1 aromatic rings. The second-order valence-corrected chi connectivity index (χ2v) is 3.81. The smallest absolute Gasteiger partial charge is 0.164 e. The quantitative estimate of drug-likeness (QED) is 0.659. The summed E-state index contributed by atoms with van der Waals surface area (Å²) in [6.45, 7) is 2.35. The number of hydrogen-bond donors (Lipinski definition) is 1. The summed E-state index contributed by atoms with van der Waals surface area (Å²) in [7, 11) is 0. The van der Waals surface area contributed by atoms with Crippen LogP contribution in [0.25, 0.3) is 0 Å². The van der Waals surface area contributed by atoms with E-state index in [1.54, 1.807) is 0 Å². The van der Waals surface area contributed by atoms with Gasteiger partial charge in [-0.1, -0.05) is 11.6 Å². The first-order valence-corrected chi connectivity index (χ1v) is 5.22. The SMILES string of the molecule is CCOC(=S)Cc1cc(N)c(F)cc1Cl. The van der Waals surface area contributed by atoms with Crippen molar-refractivity contribution < 1.29 is 9.13 Å². The molecule has 1 aromatic carbocycles. The number of halogens is 2. The van der Waals surface area contributed by atoms with Gasteiger partial charge >= 0.3 is 0 Å². The number of nitrogen functional groups attached to an aromatic ring is 1. The number of ether oxygens (including phenoxy) is 1. The Morgan fingerprint density at radius 3 is 2.87 bits per heavy atom. The molecule has 0 spiro atoms. The molecule has 0 heterocycles. The van der Waals surface area contributed by atoms with E-state index in [4.69, 9.17) is 34.3 Å². The van der Waals surface area contributed by atoms with Gasteiger partial charge in [0.1, 0.15) is 5.82 Å². The van der Waals surface area contributed by atoms with Crippen LogP contribution in [-0.2, 0) is 11.2 Å². The third-order valence-corrected chi connectivity index (χ3v) is 2.42. The van der Waals surface area contributed by atoms with Gasteiger partial charge in [-0.2, -0.15) is 0 Å². The van der Waals surface area contributed by atoms with Crippen molar-refractivity contribution in [2.75, 3.05) is 12.3 Å². The predicted octanol–water partition coefficient (Wildman–Crippen LogP) is 2.97. The summed E-state index contributed by atoms with van der Waals surface area (Å²) >= 11 is 10.8. The van der Waals surface area contributed by atoms with Crippen LogP contribution in [0.5, 0.6) is 0 Å². The van der Waals surface area contributed by atoms with Crippen molar-refractivity contribution in [2.24, 2.45) is 0 Å². The van der Waals surface area contributed by atoms with Crippen molar-refractivity contribution >= 4 is 34.6 Å². The maximum atomic E-state index is 13.0. The lowest BCUT2D eigenvalue weighted by Gasteiger charge is -2.08. The molecule has 0 unspecified atom stereocenters. The number of rotatable bonds is 3. The van der Waals surface area contributed by atoms with E-state index in [0.717, 1.165) is 0 Å². The predicted molar refractivity (Wildman–Crippen MR) is 63.8 cm³/mol. The summed E-state index contributed by atoms with van der Waals surface area (Å²) in [6.07, 6.45) is 0.368. The average molecular weight is 248 g/mol. The fourth-order valence-electron chi connectivity index (χ4n) is 1.12. The minimum Gasteiger partial charge on any atom is -0.487 e. The highest BCUT2D eigenvalue weighted by molar-refractivity contribution is 7.80. The van der Waals surface area contributed by atoms with Gasteiger partial charge in [-0.05, 0) is 36.8 Å². The zero-order chi connectivity index (χ0) is 11.4. The molecular weight excluding hydrogens is 237 g/mol. The van der Waals surface area contributed by atoms with E-state index in [1.165, 1.54) is 12.1 Å². The summed E-state index contributed by atoms with van der Waals surface area (Å²) in [4.78, 5) is 0. The Balaban J connectivity index is 2.86. The van der Waals surface area contributed by atoms with Crippen LogP contribution in [-0.4, -0.2) is 11.7 Å². The van der Waals surface area contributed by atoms with Crippen LogP contribution >= 0.6 is 23.8 Å². The number of benzene rings is 1. The molecule has 0 atom stereocenters. The topological polar surface area (TPSA) is 35.2 Å². The molecule has 0 bridgehead atoms. The largest absolute Gasteiger partial charge is 0.487 e. The fourth-order valence-corrected chi connectivity index (χ4v) is 1.61. The number of nitrogens with two attached hydrogens (primary N) is 1. The lowest BCUT2D eigenvalue weighted by atomic mass is 10.1. The van der Waals surface area contributed by atoms with Crippen LogP contribution in [0.3, 0.4) is 0 Å². The molecule has 0 saturated carbocycles. The Hall–Kier alpha value is -0.870. The van der Waals surface area contributed by atoms with E-state index in [-0.39, 0.29) is 5.69 Å². The number of thiocarbonyl (C=S) groups is 1. The normalized spacial score (nSPS) is 10.1. The highest BCUT2D eigenvalue weighted by Crippen LogP contribution is 2.23. The minimum atomic E-state index is -0.522. The number of anilines is 1. The maximum absolute atomic E-state index is 13.0. The second-order valence-electron chi connectivity index (χ2n) is 2.95. The molecule has 0 fully saturated rings. The third-order valence-electron chi connectivity index (χ3n) is 1.81. The van der Waals surface area contributed by atoms with Gasteiger partial charge in [0.2, 0.25) is 0 Å². The van der Waals surface area contributed by atoms with Gasteiger partial charge in [-0.15, -0.1) is 0 Å². The molecule has 0 aliphatic carbocycles. The minimum absolute atomic E-state index is 0.0636. The van der Waals surface area contributed by atoms with Gasteiger partial charge in [-0.3, -0.25) is 0 Å². The highest BCUT2D eigenvalue weighted by atomic mass is 35.5. The molecule has 0 aromatic heterocycles. The first-order valence-electron chi connectivity index (χ1n) is 4.43. The van der Waals surface area contributed by atoms with Crippen LogP contribution < -0.4 is 5.73 Å². The summed E-state index contributed by atoms with van der Waals surface area (Å²) in [6, 6.07) is 2.66. The molecule has 0 radical (unpaired) electrons. The van der Waals surface area contributed by atoms with Crippen LogP contribution in [0, 0.1) is 5.82 Å². The Morgan fingerprint density at radius 1 is 1.60 bits per heavy atom. The number of hydrogen-bond acceptors (Lipinski definition) is 3. The Bertz CT molecular complexity index is 384. The van der Waals surface area contributed by atoms with Gasteiger partial charge in [0, 0.05) is 11.4 Å². The average Bonchev–Trinajstić information content (AvgIpc) is 2.14. The van der Waals surface area contributed by atoms with Crippen LogP contribution in [0.15, 0.2) is 12.1 Å². The van der Waals surface area contributed by atoms with Gasteiger partial charge in [-0.25, -0.2) is 4.39 Å². The molecule has 2 N–H and O–H groups in total. The Labute approximate surface area is 98.2 Å². The van der Waals surface area contributed by atoms with Crippen LogP contribution in [0.1, 0.15) is 12.5 Å². The second kappa shape index (κ2) is 5.28. The molecule has 5 heteroatoms. The van der Waals surface area contributed by atoms with E-state index in [0.29, 0.717) is 28.7 Å². The zero-order valence-corrected chi connectivity index (χ0v) is 9.79. The van der Waals surface area contributed by atoms with Crippen molar-refractivity contribution in [1.82, 2.24) is 0 Å². The monoisotopic (exact) mass is 247 g/mol. The van der Waals surface area contributed by atoms with Crippen molar-refractivity contribution in [3.05, 3.63) is 28.5 Å². The molecule has 0 aliphatic rings. The Morgan fingerprint density at radius 2 is 2.27 bits per heavy atom. The standard InChI is InChI=1S/C10H11ClFNOS/c1-2-14-10(15)4-6-3-9(13)8(12)5-7(6)11/h3,5H,2,4,13H2,1H3. The van der Waals surface area contributed by atoms with Crippen molar-refractivity contribution in [2.45, 2.75) is 13.3 Å². The molecule has 2 nitrogen and oxygen atoms in total. The van der Waals surface area contributed by atoms with E-state index in [2.05, 4.69) is 0 Å². The lowest BCUT2D eigenvalue weighted by Crippen LogP contribution is -2.06. The van der Waals surface area contributed by atoms with E-state index in [9.17, 15) is 4.39 Å².